The second-order valence-corrected chi connectivity index (χ2v) is 3.76. The number of benzene rings is 1. The molecule has 0 heterocycles. The molecule has 0 spiro atoms. The van der Waals surface area contributed by atoms with E-state index in [4.69, 9.17) is 4.74 Å². The zero-order valence-corrected chi connectivity index (χ0v) is 9.04. The average molecular weight is 202 g/mol. The molecule has 0 aromatic heterocycles. The molecule has 0 bridgehead atoms. The van der Waals surface area contributed by atoms with Crippen LogP contribution >= 0.6 is 0 Å². The van der Waals surface area contributed by atoms with Crippen LogP contribution in [0.15, 0.2) is 29.8 Å². The molecule has 15 heavy (non-hydrogen) atoms. The van der Waals surface area contributed by atoms with E-state index in [2.05, 4.69) is 0 Å². The van der Waals surface area contributed by atoms with Gasteiger partial charge in [-0.1, -0.05) is 12.1 Å². The predicted octanol–water partition coefficient (Wildman–Crippen LogP) is 2.83. The molecule has 2 heteroatoms. The predicted molar refractivity (Wildman–Crippen MR) is 59.8 cm³/mol. The number of carbonyl (C=O) groups is 1. The van der Waals surface area contributed by atoms with Crippen LogP contribution in [0.4, 0.5) is 0 Å². The summed E-state index contributed by atoms with van der Waals surface area (Å²) >= 11 is 0. The third-order valence-electron chi connectivity index (χ3n) is 2.91. The molecule has 1 aromatic carbocycles. The van der Waals surface area contributed by atoms with Gasteiger partial charge in [0, 0.05) is 6.42 Å². The van der Waals surface area contributed by atoms with Crippen LogP contribution in [0.25, 0.3) is 5.57 Å². The van der Waals surface area contributed by atoms with Gasteiger partial charge in [0.05, 0.1) is 7.11 Å². The van der Waals surface area contributed by atoms with Crippen LogP contribution in [0.2, 0.25) is 0 Å². The van der Waals surface area contributed by atoms with E-state index >= 15 is 0 Å². The highest BCUT2D eigenvalue weighted by Crippen LogP contribution is 2.31. The van der Waals surface area contributed by atoms with Gasteiger partial charge in [-0.05, 0) is 42.2 Å². The Morgan fingerprint density at radius 2 is 1.80 bits per heavy atom. The van der Waals surface area contributed by atoms with E-state index in [1.165, 1.54) is 5.57 Å². The van der Waals surface area contributed by atoms with Crippen molar-refractivity contribution in [1.29, 1.82) is 0 Å². The van der Waals surface area contributed by atoms with E-state index in [0.29, 0.717) is 6.42 Å². The molecule has 1 aliphatic rings. The molecule has 0 unspecified atom stereocenters. The minimum absolute atomic E-state index is 0.279. The van der Waals surface area contributed by atoms with Crippen molar-refractivity contribution in [3.63, 3.8) is 0 Å². The fraction of sp³-hybridized carbons (Fsp3) is 0.308. The van der Waals surface area contributed by atoms with Gasteiger partial charge in [0.25, 0.3) is 0 Å². The molecule has 2 rings (SSSR count). The Morgan fingerprint density at radius 3 is 2.27 bits per heavy atom. The van der Waals surface area contributed by atoms with Gasteiger partial charge in [-0.15, -0.1) is 0 Å². The normalized spacial score (nSPS) is 16.0. The van der Waals surface area contributed by atoms with Crippen molar-refractivity contribution in [2.75, 3.05) is 7.11 Å². The first-order chi connectivity index (χ1) is 7.22. The summed E-state index contributed by atoms with van der Waals surface area (Å²) < 4.78 is 5.10. The second-order valence-electron chi connectivity index (χ2n) is 3.76. The van der Waals surface area contributed by atoms with E-state index in [1.807, 2.05) is 31.2 Å². The molecule has 2 nitrogen and oxygen atoms in total. The Morgan fingerprint density at radius 1 is 1.13 bits per heavy atom. The Kier molecular flexibility index (Phi) is 2.58. The number of methoxy groups -OCH3 is 1. The molecule has 0 amide bonds. The summed E-state index contributed by atoms with van der Waals surface area (Å²) in [6.45, 7) is 1.91. The molecule has 0 fully saturated rings. The first-order valence-corrected chi connectivity index (χ1v) is 5.09. The van der Waals surface area contributed by atoms with Gasteiger partial charge in [-0.25, -0.2) is 0 Å². The Hall–Kier alpha value is -1.57. The van der Waals surface area contributed by atoms with E-state index in [0.717, 1.165) is 23.3 Å². The molecule has 0 saturated heterocycles. The summed E-state index contributed by atoms with van der Waals surface area (Å²) in [6, 6.07) is 7.88. The first-order valence-electron chi connectivity index (χ1n) is 5.09. The molecule has 0 saturated carbocycles. The van der Waals surface area contributed by atoms with Gasteiger partial charge < -0.3 is 4.74 Å². The van der Waals surface area contributed by atoms with Gasteiger partial charge >= 0.3 is 0 Å². The van der Waals surface area contributed by atoms with Crippen molar-refractivity contribution < 1.29 is 9.53 Å². The molecular formula is C13H14O2. The van der Waals surface area contributed by atoms with Crippen LogP contribution in [-0.2, 0) is 4.79 Å². The Balaban J connectivity index is 2.34. The molecule has 0 atom stereocenters. The maximum atomic E-state index is 11.4. The number of hydrogen-bond acceptors (Lipinski definition) is 2. The number of Topliss-reactive ketones (excluding diaryl/α,β-unsaturated/α-hetero) is 1. The highest BCUT2D eigenvalue weighted by atomic mass is 16.5. The second kappa shape index (κ2) is 3.89. The number of carbonyl (C=O) groups excluding carboxylic acids is 1. The van der Waals surface area contributed by atoms with Crippen molar-refractivity contribution in [3.05, 3.63) is 35.4 Å². The van der Waals surface area contributed by atoms with Gasteiger partial charge in [-0.2, -0.15) is 0 Å². The lowest BCUT2D eigenvalue weighted by molar-refractivity contribution is -0.114. The largest absolute Gasteiger partial charge is 0.497 e. The summed E-state index contributed by atoms with van der Waals surface area (Å²) in [5.74, 6) is 1.13. The first kappa shape index (κ1) is 9.97. The summed E-state index contributed by atoms with van der Waals surface area (Å²) in [5, 5.41) is 0. The highest BCUT2D eigenvalue weighted by Gasteiger charge is 2.19. The van der Waals surface area contributed by atoms with Crippen molar-refractivity contribution in [2.24, 2.45) is 0 Å². The van der Waals surface area contributed by atoms with Gasteiger partial charge in [0.2, 0.25) is 0 Å². The van der Waals surface area contributed by atoms with E-state index < -0.39 is 0 Å². The molecule has 0 aliphatic heterocycles. The quantitative estimate of drug-likeness (QED) is 0.737. The smallest absolute Gasteiger partial charge is 0.159 e. The summed E-state index contributed by atoms with van der Waals surface area (Å²) in [5.41, 5.74) is 3.24. The van der Waals surface area contributed by atoms with E-state index in [-0.39, 0.29) is 5.78 Å². The average Bonchev–Trinajstić information content (AvgIpc) is 2.60. The van der Waals surface area contributed by atoms with Crippen LogP contribution in [-0.4, -0.2) is 12.9 Å². The monoisotopic (exact) mass is 202 g/mol. The van der Waals surface area contributed by atoms with E-state index in [9.17, 15) is 4.79 Å². The van der Waals surface area contributed by atoms with Crippen LogP contribution in [0.1, 0.15) is 25.3 Å². The van der Waals surface area contributed by atoms with Gasteiger partial charge in [0.1, 0.15) is 5.75 Å². The van der Waals surface area contributed by atoms with Crippen LogP contribution in [0.5, 0.6) is 5.75 Å². The maximum Gasteiger partial charge on any atom is 0.159 e. The summed E-state index contributed by atoms with van der Waals surface area (Å²) in [7, 11) is 1.65. The highest BCUT2D eigenvalue weighted by molar-refractivity contribution is 6.06. The summed E-state index contributed by atoms with van der Waals surface area (Å²) in [4.78, 5) is 11.4. The molecular weight excluding hydrogens is 188 g/mol. The fourth-order valence-electron chi connectivity index (χ4n) is 1.93. The fourth-order valence-corrected chi connectivity index (χ4v) is 1.93. The third-order valence-corrected chi connectivity index (χ3v) is 2.91. The summed E-state index contributed by atoms with van der Waals surface area (Å²) in [6.07, 6.45) is 1.53. The van der Waals surface area contributed by atoms with Crippen LogP contribution < -0.4 is 4.74 Å². The van der Waals surface area contributed by atoms with E-state index in [1.54, 1.807) is 7.11 Å². The molecule has 78 valence electrons. The van der Waals surface area contributed by atoms with Crippen molar-refractivity contribution in [1.82, 2.24) is 0 Å². The number of hydrogen-bond donors (Lipinski definition) is 0. The number of rotatable bonds is 2. The Bertz CT molecular complexity index is 413. The van der Waals surface area contributed by atoms with Crippen molar-refractivity contribution >= 4 is 11.4 Å². The topological polar surface area (TPSA) is 26.3 Å². The van der Waals surface area contributed by atoms with Gasteiger partial charge in [0.15, 0.2) is 5.78 Å². The molecule has 0 radical (unpaired) electrons. The standard InChI is InChI=1S/C13H14O2/c1-9-12(7-8-13(9)14)10-3-5-11(15-2)6-4-10/h3-6H,7-8H2,1-2H3. The third kappa shape index (κ3) is 1.80. The minimum atomic E-state index is 0.279. The van der Waals surface area contributed by atoms with Crippen molar-refractivity contribution in [2.45, 2.75) is 19.8 Å². The zero-order chi connectivity index (χ0) is 10.8. The zero-order valence-electron chi connectivity index (χ0n) is 9.04. The lowest BCUT2D eigenvalue weighted by Crippen LogP contribution is -1.90. The van der Waals surface area contributed by atoms with Crippen molar-refractivity contribution in [3.8, 4) is 5.75 Å². The minimum Gasteiger partial charge on any atom is -0.497 e. The number of ketones is 1. The Labute approximate surface area is 89.6 Å². The van der Waals surface area contributed by atoms with Gasteiger partial charge in [-0.3, -0.25) is 4.79 Å². The molecule has 1 aliphatic carbocycles. The van der Waals surface area contributed by atoms with Crippen LogP contribution in [0, 0.1) is 0 Å². The molecule has 1 aromatic rings. The number of ether oxygens (including phenoxy) is 1. The lowest BCUT2D eigenvalue weighted by atomic mass is 10.0. The number of allylic oxidation sites excluding steroid dienone is 2. The SMILES string of the molecule is COc1ccc(C2=C(C)C(=O)CC2)cc1. The van der Waals surface area contributed by atoms with Crippen LogP contribution in [0.3, 0.4) is 0 Å². The molecule has 0 N–H and O–H groups in total. The lowest BCUT2D eigenvalue weighted by Gasteiger charge is -2.04. The maximum absolute atomic E-state index is 11.4.